The summed E-state index contributed by atoms with van der Waals surface area (Å²) in [6, 6.07) is 5.66. The van der Waals surface area contributed by atoms with Gasteiger partial charge in [-0.1, -0.05) is 6.07 Å². The molecule has 0 atom stereocenters. The molecular formula is C17H19F3N2O4. The van der Waals surface area contributed by atoms with Crippen LogP contribution in [-0.2, 0) is 31.2 Å². The highest BCUT2D eigenvalue weighted by atomic mass is 19.4. The predicted octanol–water partition coefficient (Wildman–Crippen LogP) is 2.21. The van der Waals surface area contributed by atoms with Crippen molar-refractivity contribution in [3.05, 3.63) is 57.9 Å². The molecule has 0 saturated heterocycles. The Balaban J connectivity index is 0.000000298. The second-order valence-corrected chi connectivity index (χ2v) is 5.91. The Bertz CT molecular complexity index is 797. The van der Waals surface area contributed by atoms with Crippen molar-refractivity contribution in [2.45, 2.75) is 25.6 Å². The van der Waals surface area contributed by atoms with Gasteiger partial charge in [-0.25, -0.2) is 4.79 Å². The fourth-order valence-electron chi connectivity index (χ4n) is 2.74. The number of hydrogen-bond donors (Lipinski definition) is 1. The SMILES string of the molecule is Cn1c2c(ccc1=O)CCN(Cc1ccoc1)CC2.O=C(O)C(F)(F)F. The summed E-state index contributed by atoms with van der Waals surface area (Å²) in [4.78, 5) is 23.0. The van der Waals surface area contributed by atoms with Crippen molar-refractivity contribution in [3.8, 4) is 0 Å². The largest absolute Gasteiger partial charge is 0.490 e. The van der Waals surface area contributed by atoms with E-state index in [2.05, 4.69) is 4.90 Å². The number of nitrogens with zero attached hydrogens (tertiary/aromatic N) is 2. The van der Waals surface area contributed by atoms with Crippen molar-refractivity contribution in [3.63, 3.8) is 0 Å². The molecule has 6 nitrogen and oxygen atoms in total. The van der Waals surface area contributed by atoms with E-state index in [1.54, 1.807) is 23.2 Å². The third-order valence-corrected chi connectivity index (χ3v) is 4.12. The molecule has 3 rings (SSSR count). The van der Waals surface area contributed by atoms with E-state index < -0.39 is 12.1 Å². The van der Waals surface area contributed by atoms with Gasteiger partial charge in [-0.05, 0) is 18.1 Å². The molecule has 2 aromatic rings. The summed E-state index contributed by atoms with van der Waals surface area (Å²) in [6.45, 7) is 2.92. The molecule has 0 amide bonds. The molecule has 0 aliphatic carbocycles. The maximum Gasteiger partial charge on any atom is 0.490 e. The average Bonchev–Trinajstić information content (AvgIpc) is 2.98. The van der Waals surface area contributed by atoms with Gasteiger partial charge in [0.05, 0.1) is 12.5 Å². The van der Waals surface area contributed by atoms with Crippen LogP contribution in [0.15, 0.2) is 39.9 Å². The quantitative estimate of drug-likeness (QED) is 0.875. The second kappa shape index (κ2) is 8.22. The van der Waals surface area contributed by atoms with E-state index in [1.807, 2.05) is 19.2 Å². The highest BCUT2D eigenvalue weighted by Crippen LogP contribution is 2.16. The molecule has 3 heterocycles. The summed E-state index contributed by atoms with van der Waals surface area (Å²) < 4.78 is 38.6. The predicted molar refractivity (Wildman–Crippen MR) is 86.8 cm³/mol. The number of furan rings is 1. The number of carbonyl (C=O) groups is 1. The van der Waals surface area contributed by atoms with Crippen molar-refractivity contribution in [2.75, 3.05) is 13.1 Å². The van der Waals surface area contributed by atoms with Crippen LogP contribution in [0.4, 0.5) is 13.2 Å². The number of aromatic nitrogens is 1. The molecule has 9 heteroatoms. The zero-order valence-electron chi connectivity index (χ0n) is 14.1. The number of hydrogen-bond acceptors (Lipinski definition) is 4. The Hall–Kier alpha value is -2.55. The first-order valence-corrected chi connectivity index (χ1v) is 7.90. The molecule has 0 saturated carbocycles. The lowest BCUT2D eigenvalue weighted by atomic mass is 10.1. The van der Waals surface area contributed by atoms with E-state index >= 15 is 0 Å². The summed E-state index contributed by atoms with van der Waals surface area (Å²) in [5, 5.41) is 7.12. The summed E-state index contributed by atoms with van der Waals surface area (Å²) in [6.07, 6.45) is 0.362. The molecule has 0 radical (unpaired) electrons. The van der Waals surface area contributed by atoms with Gasteiger partial charge in [0.2, 0.25) is 5.56 Å². The fraction of sp³-hybridized carbons (Fsp3) is 0.412. The Labute approximate surface area is 147 Å². The molecule has 0 fully saturated rings. The molecule has 0 aromatic carbocycles. The normalized spacial score (nSPS) is 14.8. The van der Waals surface area contributed by atoms with Crippen LogP contribution in [0.3, 0.4) is 0 Å². The standard InChI is InChI=1S/C15H18N2O2.C2HF3O2/c1-16-14-5-8-17(10-12-6-9-19-11-12)7-4-13(14)2-3-15(16)18;3-2(4,5)1(6)7/h2-3,6,9,11H,4-5,7-8,10H2,1H3;(H,6,7). The van der Waals surface area contributed by atoms with E-state index in [0.29, 0.717) is 0 Å². The van der Waals surface area contributed by atoms with Gasteiger partial charge < -0.3 is 14.1 Å². The van der Waals surface area contributed by atoms with E-state index in [9.17, 15) is 18.0 Å². The molecule has 1 aliphatic heterocycles. The number of rotatable bonds is 2. The molecule has 2 aromatic heterocycles. The van der Waals surface area contributed by atoms with Crippen molar-refractivity contribution < 1.29 is 27.5 Å². The summed E-state index contributed by atoms with van der Waals surface area (Å²) in [5.74, 6) is -2.76. The van der Waals surface area contributed by atoms with Crippen LogP contribution < -0.4 is 5.56 Å². The first-order valence-electron chi connectivity index (χ1n) is 7.90. The van der Waals surface area contributed by atoms with E-state index in [-0.39, 0.29) is 5.56 Å². The van der Waals surface area contributed by atoms with Crippen molar-refractivity contribution >= 4 is 5.97 Å². The van der Waals surface area contributed by atoms with Crippen molar-refractivity contribution in [1.29, 1.82) is 0 Å². The molecule has 1 N–H and O–H groups in total. The third-order valence-electron chi connectivity index (χ3n) is 4.12. The second-order valence-electron chi connectivity index (χ2n) is 5.91. The van der Waals surface area contributed by atoms with Gasteiger partial charge in [0.25, 0.3) is 0 Å². The molecule has 26 heavy (non-hydrogen) atoms. The fourth-order valence-corrected chi connectivity index (χ4v) is 2.74. The first-order chi connectivity index (χ1) is 12.2. The van der Waals surface area contributed by atoms with Crippen molar-refractivity contribution in [1.82, 2.24) is 9.47 Å². The Morgan fingerprint density at radius 3 is 2.46 bits per heavy atom. The molecule has 142 valence electrons. The molecule has 0 bridgehead atoms. The topological polar surface area (TPSA) is 75.7 Å². The number of alkyl halides is 3. The molecule has 0 spiro atoms. The lowest BCUT2D eigenvalue weighted by Gasteiger charge is -2.18. The van der Waals surface area contributed by atoms with Crippen LogP contribution in [-0.4, -0.2) is 39.8 Å². The highest BCUT2D eigenvalue weighted by molar-refractivity contribution is 5.73. The zero-order chi connectivity index (χ0) is 19.3. The average molecular weight is 372 g/mol. The van der Waals surface area contributed by atoms with Gasteiger partial charge >= 0.3 is 12.1 Å². The van der Waals surface area contributed by atoms with Crippen LogP contribution in [0.25, 0.3) is 0 Å². The minimum absolute atomic E-state index is 0.0852. The smallest absolute Gasteiger partial charge is 0.475 e. The molecular weight excluding hydrogens is 353 g/mol. The lowest BCUT2D eigenvalue weighted by Crippen LogP contribution is -2.26. The van der Waals surface area contributed by atoms with Gasteiger partial charge in [-0.3, -0.25) is 9.69 Å². The van der Waals surface area contributed by atoms with Crippen molar-refractivity contribution in [2.24, 2.45) is 7.05 Å². The number of carboxylic acid groups (broad SMARTS) is 1. The Morgan fingerprint density at radius 1 is 1.23 bits per heavy atom. The monoisotopic (exact) mass is 372 g/mol. The molecule has 1 aliphatic rings. The number of fused-ring (bicyclic) bond motifs is 1. The van der Waals surface area contributed by atoms with E-state index in [0.717, 1.165) is 32.5 Å². The van der Waals surface area contributed by atoms with E-state index in [4.69, 9.17) is 14.3 Å². The Kier molecular flexibility index (Phi) is 6.25. The lowest BCUT2D eigenvalue weighted by molar-refractivity contribution is -0.192. The van der Waals surface area contributed by atoms with Crippen LogP contribution >= 0.6 is 0 Å². The number of carboxylic acids is 1. The Morgan fingerprint density at radius 2 is 1.88 bits per heavy atom. The summed E-state index contributed by atoms with van der Waals surface area (Å²) in [7, 11) is 1.87. The van der Waals surface area contributed by atoms with Gasteiger partial charge in [0.1, 0.15) is 0 Å². The summed E-state index contributed by atoms with van der Waals surface area (Å²) >= 11 is 0. The number of pyridine rings is 1. The molecule has 0 unspecified atom stereocenters. The zero-order valence-corrected chi connectivity index (χ0v) is 14.1. The van der Waals surface area contributed by atoms with Gasteiger partial charge in [0.15, 0.2) is 0 Å². The summed E-state index contributed by atoms with van der Waals surface area (Å²) in [5.41, 5.74) is 3.78. The van der Waals surface area contributed by atoms with Crippen LogP contribution in [0.2, 0.25) is 0 Å². The third kappa shape index (κ3) is 5.22. The minimum atomic E-state index is -5.08. The van der Waals surface area contributed by atoms with Crippen LogP contribution in [0, 0.1) is 0 Å². The first kappa shape index (κ1) is 19.8. The van der Waals surface area contributed by atoms with Gasteiger partial charge in [0, 0.05) is 50.4 Å². The van der Waals surface area contributed by atoms with E-state index in [1.165, 1.54) is 16.8 Å². The minimum Gasteiger partial charge on any atom is -0.475 e. The van der Waals surface area contributed by atoms with Gasteiger partial charge in [-0.2, -0.15) is 13.2 Å². The van der Waals surface area contributed by atoms with Crippen LogP contribution in [0.1, 0.15) is 16.8 Å². The number of aliphatic carboxylic acids is 1. The highest BCUT2D eigenvalue weighted by Gasteiger charge is 2.38. The maximum absolute atomic E-state index is 11.7. The number of halogens is 3. The van der Waals surface area contributed by atoms with Gasteiger partial charge in [-0.15, -0.1) is 0 Å². The van der Waals surface area contributed by atoms with Crippen LogP contribution in [0.5, 0.6) is 0 Å². The maximum atomic E-state index is 11.7.